The highest BCUT2D eigenvalue weighted by Crippen LogP contribution is 2.39. The van der Waals surface area contributed by atoms with Crippen LogP contribution in [0.4, 0.5) is 9.18 Å². The number of benzene rings is 1. The van der Waals surface area contributed by atoms with Crippen LogP contribution in [0.1, 0.15) is 31.9 Å². The Bertz CT molecular complexity index is 571. The van der Waals surface area contributed by atoms with Gasteiger partial charge in [-0.05, 0) is 19.9 Å². The largest absolute Gasteiger partial charge is 0.487 e. The lowest BCUT2D eigenvalue weighted by molar-refractivity contribution is 0.0465. The summed E-state index contributed by atoms with van der Waals surface area (Å²) in [4.78, 5) is 14.1. The van der Waals surface area contributed by atoms with Crippen molar-refractivity contribution in [2.24, 2.45) is 0 Å². The van der Waals surface area contributed by atoms with Gasteiger partial charge in [0.1, 0.15) is 17.2 Å². The van der Waals surface area contributed by atoms with E-state index < -0.39 is 5.60 Å². The van der Waals surface area contributed by atoms with E-state index in [1.54, 1.807) is 11.0 Å². The monoisotopic (exact) mass is 308 g/mol. The van der Waals surface area contributed by atoms with Crippen molar-refractivity contribution in [1.82, 2.24) is 10.2 Å². The number of carbonyl (C=O) groups is 1. The third-order valence-electron chi connectivity index (χ3n) is 4.03. The second-order valence-electron chi connectivity index (χ2n) is 6.35. The number of amides is 2. The van der Waals surface area contributed by atoms with Crippen molar-refractivity contribution < 1.29 is 18.7 Å². The third kappa shape index (κ3) is 3.16. The number of rotatable bonds is 1. The first-order valence-electron chi connectivity index (χ1n) is 7.56. The molecule has 2 amide bonds. The quantitative estimate of drug-likeness (QED) is 0.867. The van der Waals surface area contributed by atoms with E-state index in [0.717, 1.165) is 5.56 Å². The van der Waals surface area contributed by atoms with Crippen LogP contribution in [0.3, 0.4) is 0 Å². The van der Waals surface area contributed by atoms with Crippen LogP contribution in [-0.4, -0.2) is 42.8 Å². The molecule has 120 valence electrons. The summed E-state index contributed by atoms with van der Waals surface area (Å²) in [5, 5.41) is 3.05. The molecular weight excluding hydrogens is 287 g/mol. The minimum atomic E-state index is -0.455. The van der Waals surface area contributed by atoms with Crippen molar-refractivity contribution in [3.63, 3.8) is 0 Å². The average Bonchev–Trinajstić information content (AvgIpc) is 2.46. The standard InChI is InChI=1S/C16H21FN2O3/c1-16(2)10-13(12-4-3-11(17)9-14(12)22-16)18-15(20)19-5-7-21-8-6-19/h3-4,9,13H,5-8,10H2,1-2H3,(H,18,20). The van der Waals surface area contributed by atoms with Crippen LogP contribution >= 0.6 is 0 Å². The molecule has 0 bridgehead atoms. The van der Waals surface area contributed by atoms with E-state index in [2.05, 4.69) is 5.32 Å². The Morgan fingerprint density at radius 1 is 1.36 bits per heavy atom. The molecule has 2 heterocycles. The summed E-state index contributed by atoms with van der Waals surface area (Å²) in [6.07, 6.45) is 0.641. The molecule has 1 atom stereocenters. The van der Waals surface area contributed by atoms with Crippen molar-refractivity contribution in [2.75, 3.05) is 26.3 Å². The molecule has 3 rings (SSSR count). The van der Waals surface area contributed by atoms with Crippen LogP contribution in [0.5, 0.6) is 5.75 Å². The van der Waals surface area contributed by atoms with Gasteiger partial charge < -0.3 is 19.7 Å². The van der Waals surface area contributed by atoms with Gasteiger partial charge in [0.05, 0.1) is 19.3 Å². The number of hydrogen-bond donors (Lipinski definition) is 1. The molecule has 1 aromatic rings. The SMILES string of the molecule is CC1(C)CC(NC(=O)N2CCOCC2)c2ccc(F)cc2O1. The summed E-state index contributed by atoms with van der Waals surface area (Å²) in [5.41, 5.74) is 0.367. The maximum absolute atomic E-state index is 13.4. The van der Waals surface area contributed by atoms with Crippen molar-refractivity contribution in [2.45, 2.75) is 31.9 Å². The molecule has 6 heteroatoms. The fourth-order valence-electron chi connectivity index (χ4n) is 2.96. The summed E-state index contributed by atoms with van der Waals surface area (Å²) in [5.74, 6) is 0.165. The minimum absolute atomic E-state index is 0.110. The topological polar surface area (TPSA) is 50.8 Å². The molecule has 2 aliphatic rings. The lowest BCUT2D eigenvalue weighted by Gasteiger charge is -2.39. The van der Waals surface area contributed by atoms with Gasteiger partial charge in [0.15, 0.2) is 0 Å². The van der Waals surface area contributed by atoms with E-state index >= 15 is 0 Å². The molecule has 0 aromatic heterocycles. The average molecular weight is 308 g/mol. The van der Waals surface area contributed by atoms with Gasteiger partial charge in [-0.25, -0.2) is 9.18 Å². The number of morpholine rings is 1. The summed E-state index contributed by atoms with van der Waals surface area (Å²) in [6.45, 7) is 6.19. The molecule has 5 nitrogen and oxygen atoms in total. The highest BCUT2D eigenvalue weighted by atomic mass is 19.1. The maximum atomic E-state index is 13.4. The van der Waals surface area contributed by atoms with Crippen LogP contribution in [0, 0.1) is 5.82 Å². The van der Waals surface area contributed by atoms with Gasteiger partial charge in [-0.2, -0.15) is 0 Å². The molecule has 0 spiro atoms. The predicted molar refractivity (Wildman–Crippen MR) is 79.4 cm³/mol. The molecule has 1 N–H and O–H groups in total. The van der Waals surface area contributed by atoms with Crippen LogP contribution in [0.2, 0.25) is 0 Å². The summed E-state index contributed by atoms with van der Waals surface area (Å²) in [6, 6.07) is 4.17. The van der Waals surface area contributed by atoms with Gasteiger partial charge in [0, 0.05) is 31.1 Å². The predicted octanol–water partition coefficient (Wildman–Crippen LogP) is 2.47. The molecule has 0 aliphatic carbocycles. The first kappa shape index (κ1) is 15.1. The molecule has 1 saturated heterocycles. The Morgan fingerprint density at radius 3 is 2.82 bits per heavy atom. The Kier molecular flexibility index (Phi) is 3.95. The minimum Gasteiger partial charge on any atom is -0.487 e. The number of nitrogens with one attached hydrogen (secondary N) is 1. The lowest BCUT2D eigenvalue weighted by Crippen LogP contribution is -2.49. The molecular formula is C16H21FN2O3. The number of urea groups is 1. The fraction of sp³-hybridized carbons (Fsp3) is 0.562. The van der Waals surface area contributed by atoms with Crippen molar-refractivity contribution in [3.8, 4) is 5.75 Å². The number of nitrogens with zero attached hydrogens (tertiary/aromatic N) is 1. The summed E-state index contributed by atoms with van der Waals surface area (Å²) >= 11 is 0. The van der Waals surface area contributed by atoms with Crippen molar-refractivity contribution in [1.29, 1.82) is 0 Å². The highest BCUT2D eigenvalue weighted by Gasteiger charge is 2.35. The molecule has 1 unspecified atom stereocenters. The second-order valence-corrected chi connectivity index (χ2v) is 6.35. The van der Waals surface area contributed by atoms with E-state index in [1.807, 2.05) is 13.8 Å². The molecule has 0 saturated carbocycles. The molecule has 1 aromatic carbocycles. The van der Waals surface area contributed by atoms with E-state index in [-0.39, 0.29) is 17.9 Å². The number of carbonyl (C=O) groups excluding carboxylic acids is 1. The van der Waals surface area contributed by atoms with E-state index in [0.29, 0.717) is 38.5 Å². The zero-order chi connectivity index (χ0) is 15.7. The van der Waals surface area contributed by atoms with E-state index in [9.17, 15) is 9.18 Å². The lowest BCUT2D eigenvalue weighted by atomic mass is 9.89. The zero-order valence-electron chi connectivity index (χ0n) is 12.9. The third-order valence-corrected chi connectivity index (χ3v) is 4.03. The van der Waals surface area contributed by atoms with Gasteiger partial charge in [0.2, 0.25) is 0 Å². The molecule has 1 fully saturated rings. The van der Waals surface area contributed by atoms with Gasteiger partial charge in [-0.15, -0.1) is 0 Å². The van der Waals surface area contributed by atoms with Gasteiger partial charge in [-0.3, -0.25) is 0 Å². The fourth-order valence-corrected chi connectivity index (χ4v) is 2.96. The normalized spacial score (nSPS) is 23.4. The maximum Gasteiger partial charge on any atom is 0.318 e. The van der Waals surface area contributed by atoms with Gasteiger partial charge in [0.25, 0.3) is 0 Å². The van der Waals surface area contributed by atoms with E-state index in [1.165, 1.54) is 12.1 Å². The second kappa shape index (κ2) is 5.76. The van der Waals surface area contributed by atoms with Crippen molar-refractivity contribution >= 4 is 6.03 Å². The number of halogens is 1. The zero-order valence-corrected chi connectivity index (χ0v) is 12.9. The van der Waals surface area contributed by atoms with Crippen LogP contribution in [0.15, 0.2) is 18.2 Å². The first-order chi connectivity index (χ1) is 10.4. The number of fused-ring (bicyclic) bond motifs is 1. The number of hydrogen-bond acceptors (Lipinski definition) is 3. The van der Waals surface area contributed by atoms with E-state index in [4.69, 9.17) is 9.47 Å². The van der Waals surface area contributed by atoms with Gasteiger partial charge >= 0.3 is 6.03 Å². The highest BCUT2D eigenvalue weighted by molar-refractivity contribution is 5.75. The first-order valence-corrected chi connectivity index (χ1v) is 7.56. The summed E-state index contributed by atoms with van der Waals surface area (Å²) < 4.78 is 24.5. The number of ether oxygens (including phenoxy) is 2. The van der Waals surface area contributed by atoms with Crippen LogP contribution in [-0.2, 0) is 4.74 Å². The van der Waals surface area contributed by atoms with Gasteiger partial charge in [-0.1, -0.05) is 6.07 Å². The van der Waals surface area contributed by atoms with Crippen molar-refractivity contribution in [3.05, 3.63) is 29.6 Å². The Hall–Kier alpha value is -1.82. The Balaban J connectivity index is 1.79. The Labute approximate surface area is 129 Å². The molecule has 2 aliphatic heterocycles. The smallest absolute Gasteiger partial charge is 0.318 e. The Morgan fingerprint density at radius 2 is 2.09 bits per heavy atom. The molecule has 0 radical (unpaired) electrons. The van der Waals surface area contributed by atoms with Crippen LogP contribution in [0.25, 0.3) is 0 Å². The summed E-state index contributed by atoms with van der Waals surface area (Å²) in [7, 11) is 0. The molecule has 22 heavy (non-hydrogen) atoms. The van der Waals surface area contributed by atoms with Crippen LogP contribution < -0.4 is 10.1 Å².